The van der Waals surface area contributed by atoms with Gasteiger partial charge in [0.15, 0.2) is 0 Å². The first-order valence-electron chi connectivity index (χ1n) is 13.7. The Bertz CT molecular complexity index is 1810. The number of aromatic nitrogens is 3. The first-order valence-corrected chi connectivity index (χ1v) is 13.7. The Morgan fingerprint density at radius 3 is 2.34 bits per heavy atom. The maximum Gasteiger partial charge on any atom is 0.323 e. The van der Waals surface area contributed by atoms with Gasteiger partial charge >= 0.3 is 6.03 Å². The number of aromatic amines is 2. The Morgan fingerprint density at radius 2 is 1.59 bits per heavy atom. The molecule has 7 heteroatoms. The number of rotatable bonds is 5. The van der Waals surface area contributed by atoms with Gasteiger partial charge in [0.25, 0.3) is 0 Å². The van der Waals surface area contributed by atoms with Gasteiger partial charge in [-0.15, -0.1) is 0 Å². The highest BCUT2D eigenvalue weighted by Crippen LogP contribution is 2.46. The fourth-order valence-corrected chi connectivity index (χ4v) is 5.87. The Labute approximate surface area is 237 Å². The molecule has 2 amide bonds. The van der Waals surface area contributed by atoms with Crippen molar-refractivity contribution in [2.45, 2.75) is 18.5 Å². The van der Waals surface area contributed by atoms with Crippen molar-refractivity contribution in [2.75, 3.05) is 12.4 Å². The number of nitrogens with zero attached hydrogens (tertiary/aromatic N) is 2. The number of amides is 2. The zero-order valence-electron chi connectivity index (χ0n) is 22.5. The molecule has 2 atom stereocenters. The van der Waals surface area contributed by atoms with E-state index in [2.05, 4.69) is 45.6 Å². The maximum atomic E-state index is 14.3. The van der Waals surface area contributed by atoms with E-state index in [0.717, 1.165) is 50.7 Å². The van der Waals surface area contributed by atoms with E-state index in [1.165, 1.54) is 5.56 Å². The smallest absolute Gasteiger partial charge is 0.323 e. The summed E-state index contributed by atoms with van der Waals surface area (Å²) in [6.07, 6.45) is 2.46. The molecule has 4 aromatic carbocycles. The van der Waals surface area contributed by atoms with Crippen LogP contribution < -0.4 is 10.1 Å². The van der Waals surface area contributed by atoms with Gasteiger partial charge in [0, 0.05) is 28.7 Å². The molecule has 0 spiro atoms. The number of ether oxygens (including phenoxy) is 1. The number of carbonyl (C=O) groups is 1. The second kappa shape index (κ2) is 10.4. The van der Waals surface area contributed by atoms with Gasteiger partial charge < -0.3 is 24.9 Å². The molecule has 7 nitrogen and oxygen atoms in total. The lowest BCUT2D eigenvalue weighted by molar-refractivity contribution is 0.154. The maximum absolute atomic E-state index is 14.3. The van der Waals surface area contributed by atoms with Gasteiger partial charge in [0.1, 0.15) is 11.6 Å². The molecule has 1 aliphatic rings. The second-order valence-electron chi connectivity index (χ2n) is 10.2. The molecule has 3 heterocycles. The molecule has 7 rings (SSSR count). The monoisotopic (exact) mass is 539 g/mol. The third-order valence-corrected chi connectivity index (χ3v) is 7.82. The van der Waals surface area contributed by atoms with Crippen molar-refractivity contribution in [3.8, 4) is 17.0 Å². The van der Waals surface area contributed by atoms with Crippen LogP contribution in [-0.2, 0) is 6.42 Å². The number of hydrogen-bond donors (Lipinski definition) is 3. The van der Waals surface area contributed by atoms with Gasteiger partial charge in [0.05, 0.1) is 31.1 Å². The zero-order valence-corrected chi connectivity index (χ0v) is 22.5. The van der Waals surface area contributed by atoms with E-state index in [-0.39, 0.29) is 12.1 Å². The molecule has 0 radical (unpaired) electrons. The number of para-hydroxylation sites is 2. The van der Waals surface area contributed by atoms with Gasteiger partial charge in [-0.2, -0.15) is 0 Å². The number of anilines is 1. The number of hydrogen-bond acceptors (Lipinski definition) is 3. The van der Waals surface area contributed by atoms with Crippen molar-refractivity contribution in [1.82, 2.24) is 19.9 Å². The lowest BCUT2D eigenvalue weighted by Gasteiger charge is -2.41. The summed E-state index contributed by atoms with van der Waals surface area (Å²) < 4.78 is 5.45. The quantitative estimate of drug-likeness (QED) is 0.212. The van der Waals surface area contributed by atoms with Crippen molar-refractivity contribution in [2.24, 2.45) is 0 Å². The molecule has 0 saturated carbocycles. The van der Waals surface area contributed by atoms with Gasteiger partial charge in [-0.25, -0.2) is 9.78 Å². The summed E-state index contributed by atoms with van der Waals surface area (Å²) in [5.41, 5.74) is 6.90. The lowest BCUT2D eigenvalue weighted by Crippen LogP contribution is -2.45. The standard InChI is InChI=1S/C34H29N5O2/c1-41-25-18-16-23(17-19-25)32-31-27(26-14-8-9-15-28(26)37-31)20-30(39(32)34(40)36-24-12-6-3-7-13-24)33-35-21-29(38-33)22-10-4-2-5-11-22/h2-19,21,30,32,37H,20H2,1H3,(H,35,38)(H,36,40)/t30-,32?/m0/s1. The lowest BCUT2D eigenvalue weighted by atomic mass is 9.88. The number of urea groups is 1. The summed E-state index contributed by atoms with van der Waals surface area (Å²) in [5.74, 6) is 1.50. The number of fused-ring (bicyclic) bond motifs is 3. The van der Waals surface area contributed by atoms with Crippen LogP contribution in [0.25, 0.3) is 22.2 Å². The molecular weight excluding hydrogens is 510 g/mol. The van der Waals surface area contributed by atoms with E-state index >= 15 is 0 Å². The van der Waals surface area contributed by atoms with Gasteiger partial charge in [-0.1, -0.05) is 78.9 Å². The summed E-state index contributed by atoms with van der Waals surface area (Å²) in [4.78, 5) is 28.3. The van der Waals surface area contributed by atoms with Crippen LogP contribution in [0.15, 0.2) is 115 Å². The first-order chi connectivity index (χ1) is 20.2. The van der Waals surface area contributed by atoms with Crippen LogP contribution >= 0.6 is 0 Å². The molecule has 1 aliphatic heterocycles. The number of carbonyl (C=O) groups excluding carboxylic acids is 1. The van der Waals surface area contributed by atoms with E-state index < -0.39 is 6.04 Å². The molecule has 41 heavy (non-hydrogen) atoms. The van der Waals surface area contributed by atoms with Crippen LogP contribution in [0.4, 0.5) is 10.5 Å². The minimum absolute atomic E-state index is 0.205. The van der Waals surface area contributed by atoms with Crippen LogP contribution in [0.3, 0.4) is 0 Å². The number of methoxy groups -OCH3 is 1. The largest absolute Gasteiger partial charge is 0.497 e. The van der Waals surface area contributed by atoms with Crippen LogP contribution in [-0.4, -0.2) is 33.0 Å². The Kier molecular flexibility index (Phi) is 6.24. The van der Waals surface area contributed by atoms with E-state index in [9.17, 15) is 4.79 Å². The minimum atomic E-state index is -0.393. The highest BCUT2D eigenvalue weighted by Gasteiger charge is 2.42. The molecule has 6 aromatic rings. The molecule has 1 unspecified atom stereocenters. The number of nitrogens with one attached hydrogen (secondary N) is 3. The number of benzene rings is 4. The predicted octanol–water partition coefficient (Wildman–Crippen LogP) is 7.49. The predicted molar refractivity (Wildman–Crippen MR) is 161 cm³/mol. The average molecular weight is 540 g/mol. The molecule has 3 N–H and O–H groups in total. The molecular formula is C34H29N5O2. The summed E-state index contributed by atoms with van der Waals surface area (Å²) in [6, 6.07) is 35.0. The summed E-state index contributed by atoms with van der Waals surface area (Å²) in [7, 11) is 1.66. The molecule has 2 aromatic heterocycles. The topological polar surface area (TPSA) is 86.0 Å². The molecule has 0 saturated heterocycles. The Morgan fingerprint density at radius 1 is 0.878 bits per heavy atom. The minimum Gasteiger partial charge on any atom is -0.497 e. The number of imidazole rings is 1. The van der Waals surface area contributed by atoms with Gasteiger partial charge in [0.2, 0.25) is 0 Å². The van der Waals surface area contributed by atoms with E-state index in [1.807, 2.05) is 90.0 Å². The second-order valence-corrected chi connectivity index (χ2v) is 10.2. The van der Waals surface area contributed by atoms with E-state index in [4.69, 9.17) is 9.72 Å². The normalized spacial score (nSPS) is 16.4. The SMILES string of the molecule is COc1ccc(C2c3[nH]c4ccccc4c3C[C@@H](c3ncc(-c4ccccc4)[nH]3)N2C(=O)Nc2ccccc2)cc1. The van der Waals surface area contributed by atoms with Gasteiger partial charge in [-0.05, 0) is 47.0 Å². The first kappa shape index (κ1) is 24.7. The fourth-order valence-electron chi connectivity index (χ4n) is 5.87. The molecule has 0 fully saturated rings. The van der Waals surface area contributed by atoms with Crippen LogP contribution in [0, 0.1) is 0 Å². The van der Waals surface area contributed by atoms with Crippen LogP contribution in [0.2, 0.25) is 0 Å². The highest BCUT2D eigenvalue weighted by molar-refractivity contribution is 5.92. The summed E-state index contributed by atoms with van der Waals surface area (Å²) >= 11 is 0. The third kappa shape index (κ3) is 4.51. The van der Waals surface area contributed by atoms with Crippen molar-refractivity contribution < 1.29 is 9.53 Å². The van der Waals surface area contributed by atoms with Gasteiger partial charge in [-0.3, -0.25) is 0 Å². The zero-order chi connectivity index (χ0) is 27.8. The van der Waals surface area contributed by atoms with Crippen LogP contribution in [0.1, 0.15) is 34.7 Å². The van der Waals surface area contributed by atoms with Crippen molar-refractivity contribution in [1.29, 1.82) is 0 Å². The van der Waals surface area contributed by atoms with Crippen LogP contribution in [0.5, 0.6) is 5.75 Å². The average Bonchev–Trinajstić information content (AvgIpc) is 3.67. The Hall–Kier alpha value is -5.30. The molecule has 0 aliphatic carbocycles. The fraction of sp³-hybridized carbons (Fsp3) is 0.118. The number of H-pyrrole nitrogens is 2. The highest BCUT2D eigenvalue weighted by atomic mass is 16.5. The van der Waals surface area contributed by atoms with Crippen molar-refractivity contribution >= 4 is 22.6 Å². The van der Waals surface area contributed by atoms with Crippen molar-refractivity contribution in [3.05, 3.63) is 138 Å². The third-order valence-electron chi connectivity index (χ3n) is 7.82. The Balaban J connectivity index is 1.40. The summed E-state index contributed by atoms with van der Waals surface area (Å²) in [6.45, 7) is 0. The van der Waals surface area contributed by atoms with E-state index in [1.54, 1.807) is 7.11 Å². The van der Waals surface area contributed by atoms with Crippen molar-refractivity contribution in [3.63, 3.8) is 0 Å². The molecule has 202 valence electrons. The summed E-state index contributed by atoms with van der Waals surface area (Å²) in [5, 5.41) is 4.30. The molecule has 0 bridgehead atoms. The van der Waals surface area contributed by atoms with E-state index in [0.29, 0.717) is 6.42 Å².